The second-order valence-corrected chi connectivity index (χ2v) is 6.19. The van der Waals surface area contributed by atoms with Gasteiger partial charge in [0, 0.05) is 36.3 Å². The molecule has 0 N–H and O–H groups in total. The van der Waals surface area contributed by atoms with Crippen molar-refractivity contribution in [1.82, 2.24) is 0 Å². The normalized spacial score (nSPS) is 13.7. The molecule has 0 aliphatic carbocycles. The predicted molar refractivity (Wildman–Crippen MR) is 96.0 cm³/mol. The molecule has 1 amide bonds. The fourth-order valence-electron chi connectivity index (χ4n) is 2.70. The largest absolute Gasteiger partial charge is 0.484 e. The van der Waals surface area contributed by atoms with Crippen molar-refractivity contribution in [2.45, 2.75) is 12.8 Å². The van der Waals surface area contributed by atoms with Crippen molar-refractivity contribution in [3.63, 3.8) is 0 Å². The molecule has 1 fully saturated rings. The van der Waals surface area contributed by atoms with Gasteiger partial charge in [-0.2, -0.15) is 0 Å². The van der Waals surface area contributed by atoms with Crippen LogP contribution in [0.25, 0.3) is 0 Å². The van der Waals surface area contributed by atoms with E-state index in [-0.39, 0.29) is 34.8 Å². The van der Waals surface area contributed by atoms with Crippen LogP contribution in [-0.4, -0.2) is 29.8 Å². The number of Topliss-reactive ketones (excluding diaryl/α,β-unsaturated/α-hetero) is 1. The zero-order valence-corrected chi connectivity index (χ0v) is 14.4. The van der Waals surface area contributed by atoms with Crippen molar-refractivity contribution >= 4 is 34.7 Å². The van der Waals surface area contributed by atoms with Gasteiger partial charge in [-0.1, -0.05) is 11.6 Å². The molecule has 1 aliphatic heterocycles. The van der Waals surface area contributed by atoms with Gasteiger partial charge in [-0.05, 0) is 36.8 Å². The third-order valence-electron chi connectivity index (χ3n) is 4.06. The minimum Gasteiger partial charge on any atom is -0.484 e. The number of nitro groups is 1. The molecule has 1 heterocycles. The van der Waals surface area contributed by atoms with E-state index in [0.29, 0.717) is 18.5 Å². The van der Waals surface area contributed by atoms with Crippen LogP contribution in [0.1, 0.15) is 23.2 Å². The van der Waals surface area contributed by atoms with Crippen molar-refractivity contribution in [3.05, 3.63) is 63.2 Å². The molecule has 8 heteroatoms. The lowest BCUT2D eigenvalue weighted by atomic mass is 10.1. The number of carbonyl (C=O) groups excluding carboxylic acids is 2. The van der Waals surface area contributed by atoms with Crippen LogP contribution in [0, 0.1) is 10.1 Å². The van der Waals surface area contributed by atoms with Gasteiger partial charge in [0.1, 0.15) is 5.75 Å². The molecule has 26 heavy (non-hydrogen) atoms. The van der Waals surface area contributed by atoms with Crippen LogP contribution in [0.5, 0.6) is 5.75 Å². The summed E-state index contributed by atoms with van der Waals surface area (Å²) in [4.78, 5) is 35.8. The summed E-state index contributed by atoms with van der Waals surface area (Å²) in [6.07, 6.45) is 1.38. The first-order valence-electron chi connectivity index (χ1n) is 7.96. The fraction of sp³-hybridized carbons (Fsp3) is 0.222. The highest BCUT2D eigenvalue weighted by molar-refractivity contribution is 6.32. The molecule has 3 rings (SSSR count). The van der Waals surface area contributed by atoms with Gasteiger partial charge in [0.05, 0.1) is 9.95 Å². The number of hydrogen-bond acceptors (Lipinski definition) is 5. The molecule has 2 aromatic rings. The second kappa shape index (κ2) is 7.53. The molecule has 0 spiro atoms. The first-order valence-corrected chi connectivity index (χ1v) is 8.34. The minimum atomic E-state index is -0.562. The van der Waals surface area contributed by atoms with E-state index in [9.17, 15) is 19.7 Å². The van der Waals surface area contributed by atoms with E-state index in [1.807, 2.05) is 0 Å². The summed E-state index contributed by atoms with van der Waals surface area (Å²) in [6.45, 7) is 0.438. The zero-order chi connectivity index (χ0) is 18.7. The van der Waals surface area contributed by atoms with Gasteiger partial charge >= 0.3 is 0 Å². The molecule has 0 atom stereocenters. The highest BCUT2D eigenvalue weighted by atomic mass is 35.5. The monoisotopic (exact) mass is 374 g/mol. The van der Waals surface area contributed by atoms with E-state index < -0.39 is 4.92 Å². The summed E-state index contributed by atoms with van der Waals surface area (Å²) < 4.78 is 5.37. The number of benzene rings is 2. The van der Waals surface area contributed by atoms with E-state index in [1.165, 1.54) is 18.2 Å². The number of rotatable bonds is 6. The molecule has 0 saturated carbocycles. The van der Waals surface area contributed by atoms with Crippen molar-refractivity contribution in [2.24, 2.45) is 0 Å². The Morgan fingerprint density at radius 3 is 2.54 bits per heavy atom. The summed E-state index contributed by atoms with van der Waals surface area (Å²) in [6, 6.07) is 10.5. The quantitative estimate of drug-likeness (QED) is 0.437. The fourth-order valence-corrected chi connectivity index (χ4v) is 2.92. The maximum absolute atomic E-state index is 12.2. The lowest BCUT2D eigenvalue weighted by Crippen LogP contribution is -2.23. The molecule has 7 nitrogen and oxygen atoms in total. The lowest BCUT2D eigenvalue weighted by Gasteiger charge is -2.15. The van der Waals surface area contributed by atoms with E-state index >= 15 is 0 Å². The smallest absolute Gasteiger partial charge is 0.271 e. The van der Waals surface area contributed by atoms with E-state index in [0.717, 1.165) is 12.1 Å². The van der Waals surface area contributed by atoms with Gasteiger partial charge in [0.2, 0.25) is 5.91 Å². The van der Waals surface area contributed by atoms with Crippen LogP contribution in [0.4, 0.5) is 11.4 Å². The Balaban J connectivity index is 1.63. The zero-order valence-electron chi connectivity index (χ0n) is 13.7. The summed E-state index contributed by atoms with van der Waals surface area (Å²) in [5.74, 6) is 0.0174. The Labute approximate surface area is 154 Å². The van der Waals surface area contributed by atoms with Crippen molar-refractivity contribution in [1.29, 1.82) is 0 Å². The Morgan fingerprint density at radius 1 is 1.23 bits per heavy atom. The minimum absolute atomic E-state index is 0.0647. The topological polar surface area (TPSA) is 89.8 Å². The number of ketones is 1. The van der Waals surface area contributed by atoms with Crippen LogP contribution in [-0.2, 0) is 4.79 Å². The number of halogens is 1. The molecular weight excluding hydrogens is 360 g/mol. The maximum Gasteiger partial charge on any atom is 0.271 e. The Morgan fingerprint density at radius 2 is 1.96 bits per heavy atom. The highest BCUT2D eigenvalue weighted by Crippen LogP contribution is 2.29. The SMILES string of the molecule is O=C(COc1ccc([N+](=O)[O-])cc1Cl)c1ccc(N2CCCC2=O)cc1. The number of carbonyl (C=O) groups is 2. The van der Waals surface area contributed by atoms with Gasteiger partial charge in [0.25, 0.3) is 5.69 Å². The third-order valence-corrected chi connectivity index (χ3v) is 4.35. The van der Waals surface area contributed by atoms with Crippen LogP contribution in [0.2, 0.25) is 5.02 Å². The van der Waals surface area contributed by atoms with Crippen molar-refractivity contribution in [3.8, 4) is 5.75 Å². The molecule has 0 aromatic heterocycles. The van der Waals surface area contributed by atoms with Crippen molar-refractivity contribution in [2.75, 3.05) is 18.1 Å². The van der Waals surface area contributed by atoms with Crippen LogP contribution in [0.15, 0.2) is 42.5 Å². The summed E-state index contributed by atoms with van der Waals surface area (Å²) in [5, 5.41) is 10.8. The molecule has 0 radical (unpaired) electrons. The number of nitro benzene ring substituents is 1. The van der Waals surface area contributed by atoms with E-state index in [1.54, 1.807) is 29.2 Å². The summed E-state index contributed by atoms with van der Waals surface area (Å²) >= 11 is 5.93. The Hall–Kier alpha value is -2.93. The van der Waals surface area contributed by atoms with Gasteiger partial charge in [-0.3, -0.25) is 19.7 Å². The number of ether oxygens (including phenoxy) is 1. The highest BCUT2D eigenvalue weighted by Gasteiger charge is 2.21. The van der Waals surface area contributed by atoms with Crippen LogP contribution < -0.4 is 9.64 Å². The molecule has 2 aromatic carbocycles. The molecule has 0 bridgehead atoms. The van der Waals surface area contributed by atoms with Gasteiger partial charge < -0.3 is 9.64 Å². The van der Waals surface area contributed by atoms with E-state index in [2.05, 4.69) is 0 Å². The second-order valence-electron chi connectivity index (χ2n) is 5.78. The van der Waals surface area contributed by atoms with Crippen LogP contribution >= 0.6 is 11.6 Å². The number of hydrogen-bond donors (Lipinski definition) is 0. The van der Waals surface area contributed by atoms with Gasteiger partial charge in [-0.25, -0.2) is 0 Å². The summed E-state index contributed by atoms with van der Waals surface area (Å²) in [5.41, 5.74) is 1.06. The number of anilines is 1. The van der Waals surface area contributed by atoms with Gasteiger partial charge in [0.15, 0.2) is 12.4 Å². The first-order chi connectivity index (χ1) is 12.5. The molecule has 1 saturated heterocycles. The number of non-ortho nitro benzene ring substituents is 1. The standard InChI is InChI=1S/C18H15ClN2O5/c19-15-10-14(21(24)25)7-8-17(15)26-11-16(22)12-3-5-13(6-4-12)20-9-1-2-18(20)23/h3-8,10H,1-2,9,11H2. The lowest BCUT2D eigenvalue weighted by molar-refractivity contribution is -0.384. The maximum atomic E-state index is 12.2. The van der Waals surface area contributed by atoms with Crippen molar-refractivity contribution < 1.29 is 19.2 Å². The average molecular weight is 375 g/mol. The first kappa shape index (κ1) is 17.9. The van der Waals surface area contributed by atoms with E-state index in [4.69, 9.17) is 16.3 Å². The molecule has 134 valence electrons. The molecular formula is C18H15ClN2O5. The number of nitrogens with zero attached hydrogens (tertiary/aromatic N) is 2. The Kier molecular flexibility index (Phi) is 5.18. The Bertz CT molecular complexity index is 866. The van der Waals surface area contributed by atoms with Gasteiger partial charge in [-0.15, -0.1) is 0 Å². The third kappa shape index (κ3) is 3.83. The number of amides is 1. The molecule has 1 aliphatic rings. The molecule has 0 unspecified atom stereocenters. The summed E-state index contributed by atoms with van der Waals surface area (Å²) in [7, 11) is 0. The van der Waals surface area contributed by atoms with Crippen LogP contribution in [0.3, 0.4) is 0 Å². The average Bonchev–Trinajstić information content (AvgIpc) is 3.06. The predicted octanol–water partition coefficient (Wildman–Crippen LogP) is 3.64.